The van der Waals surface area contributed by atoms with Crippen molar-refractivity contribution in [2.45, 2.75) is 33.2 Å². The summed E-state index contributed by atoms with van der Waals surface area (Å²) in [5.41, 5.74) is 3.82. The van der Waals surface area contributed by atoms with Gasteiger partial charge in [-0.2, -0.15) is 0 Å². The summed E-state index contributed by atoms with van der Waals surface area (Å²) in [6, 6.07) is 5.28. The molecule has 28 heavy (non-hydrogen) atoms. The van der Waals surface area contributed by atoms with Gasteiger partial charge >= 0.3 is 0 Å². The largest absolute Gasteiger partial charge is 0.368 e. The number of benzene rings is 1. The Kier molecular flexibility index (Phi) is 7.38. The zero-order chi connectivity index (χ0) is 20.7. The molecule has 0 saturated heterocycles. The van der Waals surface area contributed by atoms with Crippen molar-refractivity contribution in [1.82, 2.24) is 14.9 Å². The number of aryl methyl sites for hydroxylation is 1. The molecule has 5 heteroatoms. The third-order valence-electron chi connectivity index (χ3n) is 4.60. The molecule has 0 aliphatic heterocycles. The average molecular weight is 378 g/mol. The highest BCUT2D eigenvalue weighted by atomic mass is 19.1. The van der Waals surface area contributed by atoms with E-state index in [2.05, 4.69) is 35.0 Å². The van der Waals surface area contributed by atoms with Crippen LogP contribution in [0.3, 0.4) is 0 Å². The number of aromatic nitrogens is 2. The summed E-state index contributed by atoms with van der Waals surface area (Å²) in [4.78, 5) is 14.8. The van der Waals surface area contributed by atoms with E-state index in [4.69, 9.17) is 0 Å². The molecule has 0 radical (unpaired) electrons. The molecule has 0 aliphatic rings. The van der Waals surface area contributed by atoms with Gasteiger partial charge in [0, 0.05) is 36.9 Å². The van der Waals surface area contributed by atoms with Gasteiger partial charge in [-0.25, -0.2) is 14.4 Å². The van der Waals surface area contributed by atoms with Gasteiger partial charge in [0.2, 0.25) is 0 Å². The number of likely N-dealkylation sites (N-methyl/N-ethyl adjacent to an activating group) is 1. The molecular weight excluding hydrogens is 351 g/mol. The first-order valence-corrected chi connectivity index (χ1v) is 9.21. The molecule has 0 aliphatic carbocycles. The fourth-order valence-electron chi connectivity index (χ4n) is 3.07. The molecule has 0 saturated carbocycles. The lowest BCUT2D eigenvalue weighted by Crippen LogP contribution is -2.23. The highest BCUT2D eigenvalue weighted by molar-refractivity contribution is 5.95. The standard InChI is InChI=1S/C23H27FN4/c1-7-19-20(14-16(3)15-21(19)24)22(8-2)28(6)17(4)10-13-25-18(5)23-26-11-9-12-27-23/h7,9-15,22H,1,4,8H2,2-3,5-6H3/b13-10-,25-18?. The van der Waals surface area contributed by atoms with Gasteiger partial charge in [-0.05, 0) is 49.6 Å². The lowest BCUT2D eigenvalue weighted by atomic mass is 9.94. The summed E-state index contributed by atoms with van der Waals surface area (Å²) in [5.74, 6) is 0.338. The van der Waals surface area contributed by atoms with Gasteiger partial charge in [0.15, 0.2) is 5.82 Å². The normalized spacial score (nSPS) is 12.8. The average Bonchev–Trinajstić information content (AvgIpc) is 2.68. The second kappa shape index (κ2) is 9.74. The molecule has 1 aromatic carbocycles. The molecule has 0 fully saturated rings. The molecule has 2 rings (SSSR count). The number of hydrogen-bond donors (Lipinski definition) is 0. The van der Waals surface area contributed by atoms with Crippen LogP contribution in [0.2, 0.25) is 0 Å². The molecule has 0 bridgehead atoms. The number of hydrogen-bond acceptors (Lipinski definition) is 4. The Morgan fingerprint density at radius 1 is 1.32 bits per heavy atom. The van der Waals surface area contributed by atoms with E-state index < -0.39 is 0 Å². The Hall–Kier alpha value is -3.08. The van der Waals surface area contributed by atoms with Gasteiger partial charge in [0.05, 0.1) is 11.8 Å². The molecule has 146 valence electrons. The smallest absolute Gasteiger partial charge is 0.173 e. The van der Waals surface area contributed by atoms with Crippen molar-refractivity contribution in [3.05, 3.63) is 90.1 Å². The number of halogens is 1. The van der Waals surface area contributed by atoms with Crippen molar-refractivity contribution in [3.63, 3.8) is 0 Å². The number of allylic oxidation sites excluding steroid dienone is 1. The van der Waals surface area contributed by atoms with Crippen LogP contribution in [0.4, 0.5) is 4.39 Å². The summed E-state index contributed by atoms with van der Waals surface area (Å²) in [6.07, 6.45) is 9.25. The van der Waals surface area contributed by atoms with Crippen molar-refractivity contribution in [2.24, 2.45) is 4.99 Å². The van der Waals surface area contributed by atoms with Crippen LogP contribution in [0, 0.1) is 12.7 Å². The summed E-state index contributed by atoms with van der Waals surface area (Å²) in [5, 5.41) is 0. The van der Waals surface area contributed by atoms with Gasteiger partial charge in [0.1, 0.15) is 5.82 Å². The molecule has 4 nitrogen and oxygen atoms in total. The first-order valence-electron chi connectivity index (χ1n) is 9.21. The highest BCUT2D eigenvalue weighted by Gasteiger charge is 2.20. The van der Waals surface area contributed by atoms with Crippen LogP contribution in [0.1, 0.15) is 48.8 Å². The minimum Gasteiger partial charge on any atom is -0.368 e. The first-order chi connectivity index (χ1) is 13.4. The molecular formula is C23H27FN4. The van der Waals surface area contributed by atoms with Gasteiger partial charge in [-0.3, -0.25) is 4.99 Å². The van der Waals surface area contributed by atoms with Crippen molar-refractivity contribution in [1.29, 1.82) is 0 Å². The van der Waals surface area contributed by atoms with Crippen molar-refractivity contribution in [3.8, 4) is 0 Å². The Morgan fingerprint density at radius 3 is 2.61 bits per heavy atom. The Morgan fingerprint density at radius 2 is 2.00 bits per heavy atom. The Balaban J connectivity index is 2.22. The van der Waals surface area contributed by atoms with Crippen LogP contribution in [-0.4, -0.2) is 27.6 Å². The number of aliphatic imine (C=N–C) groups is 1. The number of rotatable bonds is 8. The molecule has 1 atom stereocenters. The molecule has 2 aromatic rings. The Labute approximate surface area is 166 Å². The van der Waals surface area contributed by atoms with E-state index in [0.29, 0.717) is 17.1 Å². The molecule has 1 unspecified atom stereocenters. The van der Waals surface area contributed by atoms with E-state index in [-0.39, 0.29) is 11.9 Å². The molecule has 1 heterocycles. The Bertz CT molecular complexity index is 900. The summed E-state index contributed by atoms with van der Waals surface area (Å²) < 4.78 is 14.4. The van der Waals surface area contributed by atoms with Crippen LogP contribution in [0.5, 0.6) is 0 Å². The quantitative estimate of drug-likeness (QED) is 0.451. The number of nitrogens with zero attached hydrogens (tertiary/aromatic N) is 4. The minimum atomic E-state index is -0.249. The maximum absolute atomic E-state index is 14.4. The maximum Gasteiger partial charge on any atom is 0.173 e. The monoisotopic (exact) mass is 378 g/mol. The van der Waals surface area contributed by atoms with Crippen LogP contribution in [-0.2, 0) is 0 Å². The summed E-state index contributed by atoms with van der Waals surface area (Å²) >= 11 is 0. The second-order valence-electron chi connectivity index (χ2n) is 6.58. The van der Waals surface area contributed by atoms with E-state index in [1.807, 2.05) is 37.9 Å². The van der Waals surface area contributed by atoms with Crippen molar-refractivity contribution < 1.29 is 4.39 Å². The lowest BCUT2D eigenvalue weighted by Gasteiger charge is -2.31. The third kappa shape index (κ3) is 5.00. The minimum absolute atomic E-state index is 0.0258. The predicted octanol–water partition coefficient (Wildman–Crippen LogP) is 5.49. The van der Waals surface area contributed by atoms with Gasteiger partial charge in [-0.15, -0.1) is 0 Å². The van der Waals surface area contributed by atoms with E-state index in [0.717, 1.165) is 23.2 Å². The molecule has 0 amide bonds. The fourth-order valence-corrected chi connectivity index (χ4v) is 3.07. The zero-order valence-electron chi connectivity index (χ0n) is 17.0. The zero-order valence-corrected chi connectivity index (χ0v) is 17.0. The van der Waals surface area contributed by atoms with Crippen molar-refractivity contribution in [2.75, 3.05) is 7.05 Å². The lowest BCUT2D eigenvalue weighted by molar-refractivity contribution is 0.309. The topological polar surface area (TPSA) is 41.4 Å². The maximum atomic E-state index is 14.4. The summed E-state index contributed by atoms with van der Waals surface area (Å²) in [7, 11) is 1.95. The van der Waals surface area contributed by atoms with Crippen LogP contribution >= 0.6 is 0 Å². The van der Waals surface area contributed by atoms with Gasteiger partial charge < -0.3 is 4.90 Å². The first kappa shape index (κ1) is 21.2. The van der Waals surface area contributed by atoms with Crippen molar-refractivity contribution >= 4 is 11.8 Å². The van der Waals surface area contributed by atoms with Crippen LogP contribution in [0.25, 0.3) is 6.08 Å². The predicted molar refractivity (Wildman–Crippen MR) is 115 cm³/mol. The second-order valence-corrected chi connectivity index (χ2v) is 6.58. The van der Waals surface area contributed by atoms with E-state index in [1.165, 1.54) is 6.07 Å². The SMILES string of the molecule is C=Cc1c(F)cc(C)cc1C(CC)N(C)C(=C)/C=C\N=C(C)c1ncccn1. The molecule has 0 N–H and O–H groups in total. The molecule has 1 aromatic heterocycles. The van der Waals surface area contributed by atoms with E-state index >= 15 is 0 Å². The van der Waals surface area contributed by atoms with Crippen LogP contribution in [0.15, 0.2) is 66.7 Å². The molecule has 0 spiro atoms. The van der Waals surface area contributed by atoms with Gasteiger partial charge in [-0.1, -0.05) is 32.2 Å². The van der Waals surface area contributed by atoms with Crippen LogP contribution < -0.4 is 0 Å². The summed E-state index contributed by atoms with van der Waals surface area (Å²) in [6.45, 7) is 13.7. The van der Waals surface area contributed by atoms with E-state index in [1.54, 1.807) is 30.7 Å². The highest BCUT2D eigenvalue weighted by Crippen LogP contribution is 2.31. The fraction of sp³-hybridized carbons (Fsp3) is 0.261. The van der Waals surface area contributed by atoms with E-state index in [9.17, 15) is 4.39 Å². The third-order valence-corrected chi connectivity index (χ3v) is 4.60. The van der Waals surface area contributed by atoms with Gasteiger partial charge in [0.25, 0.3) is 0 Å².